The summed E-state index contributed by atoms with van der Waals surface area (Å²) in [5.41, 5.74) is -0.648. The van der Waals surface area contributed by atoms with Gasteiger partial charge in [-0.15, -0.1) is 0 Å². The summed E-state index contributed by atoms with van der Waals surface area (Å²) < 4.78 is 82.6. The highest BCUT2D eigenvalue weighted by Crippen LogP contribution is 2.47. The fourth-order valence-corrected chi connectivity index (χ4v) is 2.38. The minimum atomic E-state index is -5.89. The topological polar surface area (TPSA) is 20.3 Å². The molecular formula is C25H33F6NO. The van der Waals surface area contributed by atoms with Crippen LogP contribution in [0, 0.1) is 0 Å². The van der Waals surface area contributed by atoms with Gasteiger partial charge in [0.15, 0.2) is 0 Å². The number of rotatable bonds is 10. The van der Waals surface area contributed by atoms with Crippen LogP contribution in [0.15, 0.2) is 73.6 Å². The molecule has 0 saturated carbocycles. The molecule has 1 aromatic carbocycles. The van der Waals surface area contributed by atoms with E-state index < -0.39 is 29.1 Å². The number of hydrogen-bond acceptors (Lipinski definition) is 2. The highest BCUT2D eigenvalue weighted by molar-refractivity contribution is 6.24. The Morgan fingerprint density at radius 2 is 1.45 bits per heavy atom. The Morgan fingerprint density at radius 1 is 0.970 bits per heavy atom. The first kappa shape index (κ1) is 32.4. The van der Waals surface area contributed by atoms with Gasteiger partial charge in [0, 0.05) is 30.9 Å². The van der Waals surface area contributed by atoms with Crippen LogP contribution >= 0.6 is 0 Å². The summed E-state index contributed by atoms with van der Waals surface area (Å²) in [4.78, 5) is 13.7. The lowest BCUT2D eigenvalue weighted by Gasteiger charge is -2.31. The van der Waals surface area contributed by atoms with Gasteiger partial charge in [-0.3, -0.25) is 4.79 Å². The molecule has 33 heavy (non-hydrogen) atoms. The molecular weight excluding hydrogens is 444 g/mol. The smallest absolute Gasteiger partial charge is 0.348 e. The summed E-state index contributed by atoms with van der Waals surface area (Å²) in [6, 6.07) is 6.78. The van der Waals surface area contributed by atoms with E-state index in [9.17, 15) is 31.1 Å². The minimum Gasteiger partial charge on any atom is -0.348 e. The lowest BCUT2D eigenvalue weighted by molar-refractivity contribution is -0.288. The SMILES string of the molecule is C=C/C=C(\C=C)N(/C=C(/C(=O)C(F)(F)C(F)(F)C(C)(F)F)c1ccccc1)CC.CC.CC. The van der Waals surface area contributed by atoms with Crippen molar-refractivity contribution in [2.75, 3.05) is 6.54 Å². The Balaban J connectivity index is 0. The van der Waals surface area contributed by atoms with Gasteiger partial charge in [-0.1, -0.05) is 77.3 Å². The van der Waals surface area contributed by atoms with Gasteiger partial charge in [0.25, 0.3) is 0 Å². The van der Waals surface area contributed by atoms with Gasteiger partial charge in [-0.25, -0.2) is 0 Å². The molecule has 0 atom stereocenters. The number of benzene rings is 1. The molecule has 0 bridgehead atoms. The number of nitrogens with zero attached hydrogens (tertiary/aromatic N) is 1. The van der Waals surface area contributed by atoms with Crippen LogP contribution in [0.4, 0.5) is 26.3 Å². The van der Waals surface area contributed by atoms with Crippen LogP contribution < -0.4 is 0 Å². The Labute approximate surface area is 193 Å². The number of ketones is 1. The van der Waals surface area contributed by atoms with Crippen molar-refractivity contribution >= 4 is 11.4 Å². The minimum absolute atomic E-state index is 0.132. The standard InChI is InChI=1S/C21H21F6NO.2C2H6/c1-5-11-16(6-2)28(7-3)14-17(15-12-9-8-10-13-15)18(29)20(24,25)21(26,27)19(4,22)23;2*1-2/h5-6,8-14H,1-2,7H2,3-4H3;2*1-2H3/b16-11+,17-14+;;. The summed E-state index contributed by atoms with van der Waals surface area (Å²) in [7, 11) is 0. The number of allylic oxidation sites excluding steroid dienone is 4. The predicted molar refractivity (Wildman–Crippen MR) is 123 cm³/mol. The predicted octanol–water partition coefficient (Wildman–Crippen LogP) is 8.15. The highest BCUT2D eigenvalue weighted by Gasteiger charge is 2.72. The first-order chi connectivity index (χ1) is 15.3. The van der Waals surface area contributed by atoms with Gasteiger partial charge < -0.3 is 4.90 Å². The third-order valence-corrected chi connectivity index (χ3v) is 4.02. The number of Topliss-reactive ketones (excluding diaryl/α,β-unsaturated/α-hetero) is 1. The van der Waals surface area contributed by atoms with E-state index in [0.29, 0.717) is 5.70 Å². The molecule has 2 nitrogen and oxygen atoms in total. The van der Waals surface area contributed by atoms with Crippen LogP contribution in [-0.4, -0.2) is 35.0 Å². The van der Waals surface area contributed by atoms with E-state index in [1.807, 2.05) is 27.7 Å². The summed E-state index contributed by atoms with van der Waals surface area (Å²) >= 11 is 0. The van der Waals surface area contributed by atoms with E-state index in [-0.39, 0.29) is 19.0 Å². The molecule has 0 unspecified atom stereocenters. The van der Waals surface area contributed by atoms with E-state index in [4.69, 9.17) is 0 Å². The average Bonchev–Trinajstić information content (AvgIpc) is 2.80. The number of likely N-dealkylation sites (N-methyl/N-ethyl adjacent to an activating group) is 1. The Morgan fingerprint density at radius 3 is 1.82 bits per heavy atom. The van der Waals surface area contributed by atoms with Crippen molar-refractivity contribution in [1.82, 2.24) is 4.90 Å². The molecule has 0 aliphatic carbocycles. The number of halogens is 6. The van der Waals surface area contributed by atoms with E-state index in [1.165, 1.54) is 53.5 Å². The zero-order valence-corrected chi connectivity index (χ0v) is 19.9. The fourth-order valence-electron chi connectivity index (χ4n) is 2.38. The number of carbonyl (C=O) groups is 1. The summed E-state index contributed by atoms with van der Waals surface area (Å²) in [6.45, 7) is 16.4. The second-order valence-electron chi connectivity index (χ2n) is 6.09. The largest absolute Gasteiger partial charge is 0.379 e. The van der Waals surface area contributed by atoms with Gasteiger partial charge >= 0.3 is 17.8 Å². The van der Waals surface area contributed by atoms with Gasteiger partial charge in [0.05, 0.1) is 0 Å². The molecule has 0 radical (unpaired) electrons. The molecule has 186 valence electrons. The highest BCUT2D eigenvalue weighted by atomic mass is 19.3. The monoisotopic (exact) mass is 477 g/mol. The van der Waals surface area contributed by atoms with Gasteiger partial charge in [0.1, 0.15) is 0 Å². The third kappa shape index (κ3) is 7.94. The maximum atomic E-state index is 14.3. The molecule has 0 saturated heterocycles. The van der Waals surface area contributed by atoms with Crippen LogP contribution in [0.3, 0.4) is 0 Å². The van der Waals surface area contributed by atoms with Crippen LogP contribution in [0.5, 0.6) is 0 Å². The van der Waals surface area contributed by atoms with E-state index in [2.05, 4.69) is 13.2 Å². The van der Waals surface area contributed by atoms with Crippen molar-refractivity contribution < 1.29 is 31.1 Å². The third-order valence-electron chi connectivity index (χ3n) is 4.02. The van der Waals surface area contributed by atoms with E-state index in [0.717, 1.165) is 6.20 Å². The van der Waals surface area contributed by atoms with Gasteiger partial charge in [-0.2, -0.15) is 26.3 Å². The van der Waals surface area contributed by atoms with Crippen molar-refractivity contribution in [3.8, 4) is 0 Å². The number of alkyl halides is 6. The summed E-state index contributed by atoms with van der Waals surface area (Å²) in [5.74, 6) is -19.1. The van der Waals surface area contributed by atoms with Gasteiger partial charge in [0.2, 0.25) is 5.78 Å². The molecule has 0 heterocycles. The Hall–Kier alpha value is -2.77. The zero-order valence-electron chi connectivity index (χ0n) is 19.9. The van der Waals surface area contributed by atoms with Crippen LogP contribution in [0.2, 0.25) is 0 Å². The second kappa shape index (κ2) is 14.4. The van der Waals surface area contributed by atoms with Crippen LogP contribution in [0.25, 0.3) is 5.57 Å². The lowest BCUT2D eigenvalue weighted by atomic mass is 9.93. The normalized spacial score (nSPS) is 12.5. The quantitative estimate of drug-likeness (QED) is 0.193. The second-order valence-corrected chi connectivity index (χ2v) is 6.09. The molecule has 0 aliphatic heterocycles. The maximum absolute atomic E-state index is 14.3. The lowest BCUT2D eigenvalue weighted by Crippen LogP contribution is -2.56. The molecule has 0 aromatic heterocycles. The van der Waals surface area contributed by atoms with Crippen molar-refractivity contribution in [1.29, 1.82) is 0 Å². The molecule has 8 heteroatoms. The summed E-state index contributed by atoms with van der Waals surface area (Å²) in [6.07, 6.45) is 5.07. The fraction of sp³-hybridized carbons (Fsp3) is 0.400. The Bertz CT molecular complexity index is 808. The van der Waals surface area contributed by atoms with E-state index >= 15 is 0 Å². The molecule has 0 fully saturated rings. The average molecular weight is 478 g/mol. The van der Waals surface area contributed by atoms with Gasteiger partial charge in [-0.05, 0) is 24.6 Å². The first-order valence-corrected chi connectivity index (χ1v) is 10.5. The van der Waals surface area contributed by atoms with Crippen molar-refractivity contribution in [3.05, 3.63) is 79.2 Å². The van der Waals surface area contributed by atoms with Crippen LogP contribution in [0.1, 0.15) is 47.1 Å². The van der Waals surface area contributed by atoms with Crippen molar-refractivity contribution in [3.63, 3.8) is 0 Å². The number of carbonyl (C=O) groups excluding carboxylic acids is 1. The zero-order chi connectivity index (χ0) is 26.5. The van der Waals surface area contributed by atoms with E-state index in [1.54, 1.807) is 6.92 Å². The molecule has 0 N–H and O–H groups in total. The Kier molecular flexibility index (Phi) is 14.1. The maximum Gasteiger partial charge on any atom is 0.379 e. The number of hydrogen-bond donors (Lipinski definition) is 0. The van der Waals surface area contributed by atoms with Crippen molar-refractivity contribution in [2.45, 2.75) is 59.3 Å². The molecule has 0 amide bonds. The molecule has 0 spiro atoms. The summed E-state index contributed by atoms with van der Waals surface area (Å²) in [5, 5.41) is 0. The molecule has 1 aromatic rings. The molecule has 1 rings (SSSR count). The molecule has 0 aliphatic rings. The van der Waals surface area contributed by atoms with Crippen molar-refractivity contribution in [2.24, 2.45) is 0 Å². The van der Waals surface area contributed by atoms with Crippen LogP contribution in [-0.2, 0) is 4.79 Å². The first-order valence-electron chi connectivity index (χ1n) is 10.5.